The van der Waals surface area contributed by atoms with E-state index in [0.29, 0.717) is 11.1 Å². The summed E-state index contributed by atoms with van der Waals surface area (Å²) in [6.07, 6.45) is 0. The van der Waals surface area contributed by atoms with Gasteiger partial charge in [-0.15, -0.1) is 0 Å². The number of benzene rings is 5. The molecule has 1 aliphatic carbocycles. The van der Waals surface area contributed by atoms with E-state index in [2.05, 4.69) is 108 Å². The van der Waals surface area contributed by atoms with Crippen LogP contribution < -0.4 is 0 Å². The van der Waals surface area contributed by atoms with Gasteiger partial charge in [-0.05, 0) is 76.9 Å². The Bertz CT molecular complexity index is 2650. The molecule has 0 saturated carbocycles. The number of para-hydroxylation sites is 2. The van der Waals surface area contributed by atoms with Crippen LogP contribution in [-0.4, -0.2) is 14.1 Å². The number of aromatic nitrogens is 3. The van der Waals surface area contributed by atoms with Crippen LogP contribution in [0.15, 0.2) is 115 Å². The monoisotopic (exact) mass is 575 g/mol. The van der Waals surface area contributed by atoms with E-state index in [4.69, 9.17) is 4.98 Å². The summed E-state index contributed by atoms with van der Waals surface area (Å²) in [5.41, 5.74) is 10.1. The van der Waals surface area contributed by atoms with E-state index in [9.17, 15) is 10.5 Å². The summed E-state index contributed by atoms with van der Waals surface area (Å²) in [6, 6.07) is 44.0. The Morgan fingerprint density at radius 2 is 1.18 bits per heavy atom. The van der Waals surface area contributed by atoms with Gasteiger partial charge in [-0.25, -0.2) is 4.98 Å². The Hall–Kier alpha value is -6.17. The fraction of sp³-hybridized carbons (Fsp3) is 0.0750. The lowest BCUT2D eigenvalue weighted by atomic mass is 9.81. The minimum atomic E-state index is -0.285. The molecule has 1 aliphatic rings. The first-order chi connectivity index (χ1) is 22.0. The van der Waals surface area contributed by atoms with Gasteiger partial charge in [0, 0.05) is 27.0 Å². The Morgan fingerprint density at radius 1 is 0.556 bits per heavy atom. The van der Waals surface area contributed by atoms with Crippen molar-refractivity contribution in [1.82, 2.24) is 14.1 Å². The van der Waals surface area contributed by atoms with Gasteiger partial charge < -0.3 is 0 Å². The molecule has 5 nitrogen and oxygen atoms in total. The van der Waals surface area contributed by atoms with E-state index in [1.807, 2.05) is 42.5 Å². The minimum Gasteiger partial charge on any atom is -0.294 e. The largest absolute Gasteiger partial charge is 0.294 e. The highest BCUT2D eigenvalue weighted by Crippen LogP contribution is 2.53. The van der Waals surface area contributed by atoms with Crippen LogP contribution in [0, 0.1) is 22.7 Å². The fourth-order valence-electron chi connectivity index (χ4n) is 7.62. The van der Waals surface area contributed by atoms with E-state index in [-0.39, 0.29) is 5.41 Å². The van der Waals surface area contributed by atoms with Crippen LogP contribution in [0.3, 0.4) is 0 Å². The fourth-order valence-corrected chi connectivity index (χ4v) is 7.62. The Balaban J connectivity index is 1.36. The van der Waals surface area contributed by atoms with Crippen LogP contribution in [0.2, 0.25) is 0 Å². The summed E-state index contributed by atoms with van der Waals surface area (Å²) in [6.45, 7) is 4.56. The van der Waals surface area contributed by atoms with Gasteiger partial charge >= 0.3 is 0 Å². The summed E-state index contributed by atoms with van der Waals surface area (Å²) >= 11 is 0. The maximum atomic E-state index is 9.69. The number of hydrogen-bond donors (Lipinski definition) is 0. The van der Waals surface area contributed by atoms with E-state index >= 15 is 0 Å². The van der Waals surface area contributed by atoms with Gasteiger partial charge in [-0.3, -0.25) is 9.13 Å². The molecule has 0 radical (unpaired) electrons. The highest BCUT2D eigenvalue weighted by atomic mass is 15.1. The summed E-state index contributed by atoms with van der Waals surface area (Å²) < 4.78 is 4.50. The summed E-state index contributed by atoms with van der Waals surface area (Å²) in [5.74, 6) is 1.64. The molecule has 5 heteroatoms. The van der Waals surface area contributed by atoms with Gasteiger partial charge in [-0.2, -0.15) is 10.5 Å². The lowest BCUT2D eigenvalue weighted by molar-refractivity contribution is 0.663. The number of nitriles is 2. The van der Waals surface area contributed by atoms with Crippen molar-refractivity contribution in [3.05, 3.63) is 138 Å². The summed E-state index contributed by atoms with van der Waals surface area (Å²) in [7, 11) is 0. The van der Waals surface area contributed by atoms with E-state index in [1.54, 1.807) is 0 Å². The number of nitrogens with zero attached hydrogens (tertiary/aromatic N) is 5. The molecule has 45 heavy (non-hydrogen) atoms. The van der Waals surface area contributed by atoms with Gasteiger partial charge in [-0.1, -0.05) is 74.5 Å². The molecule has 3 aromatic heterocycles. The second kappa shape index (κ2) is 8.92. The smallest absolute Gasteiger partial charge is 0.140 e. The van der Waals surface area contributed by atoms with Crippen molar-refractivity contribution in [2.45, 2.75) is 19.3 Å². The normalized spacial score (nSPS) is 13.2. The number of pyridine rings is 1. The predicted molar refractivity (Wildman–Crippen MR) is 180 cm³/mol. The van der Waals surface area contributed by atoms with Crippen molar-refractivity contribution < 1.29 is 0 Å². The Morgan fingerprint density at radius 3 is 1.93 bits per heavy atom. The van der Waals surface area contributed by atoms with E-state index < -0.39 is 0 Å². The van der Waals surface area contributed by atoms with Gasteiger partial charge in [0.1, 0.15) is 11.6 Å². The van der Waals surface area contributed by atoms with E-state index in [0.717, 1.165) is 55.6 Å². The molecule has 0 amide bonds. The van der Waals surface area contributed by atoms with Crippen molar-refractivity contribution >= 4 is 43.6 Å². The van der Waals surface area contributed by atoms with Gasteiger partial charge in [0.05, 0.1) is 45.3 Å². The first kappa shape index (κ1) is 25.3. The Labute approximate surface area is 259 Å². The molecule has 9 rings (SSSR count). The third-order valence-corrected chi connectivity index (χ3v) is 9.55. The van der Waals surface area contributed by atoms with Crippen molar-refractivity contribution in [2.75, 3.05) is 0 Å². The number of rotatable bonds is 2. The maximum Gasteiger partial charge on any atom is 0.140 e. The molecule has 0 atom stereocenters. The number of hydrogen-bond acceptors (Lipinski definition) is 3. The molecule has 0 saturated heterocycles. The predicted octanol–water partition coefficient (Wildman–Crippen LogP) is 9.33. The highest BCUT2D eigenvalue weighted by Gasteiger charge is 2.38. The first-order valence-corrected chi connectivity index (χ1v) is 15.0. The van der Waals surface area contributed by atoms with Crippen molar-refractivity contribution in [1.29, 1.82) is 10.5 Å². The molecule has 0 bridgehead atoms. The molecule has 0 spiro atoms. The maximum absolute atomic E-state index is 9.69. The molecular weight excluding hydrogens is 550 g/mol. The summed E-state index contributed by atoms with van der Waals surface area (Å²) in [5, 5.41) is 23.8. The molecule has 8 aromatic rings. The lowest BCUT2D eigenvalue weighted by Gasteiger charge is -2.23. The van der Waals surface area contributed by atoms with Crippen molar-refractivity contribution in [2.24, 2.45) is 0 Å². The average molecular weight is 576 g/mol. The standard InChI is InChI=1S/C40H25N5/c1-40(2)32-18-14-24(22-41)20-30(32)28-16-17-29-26-8-3-6-11-34(26)45(39(29)38(28)40)37-13-7-12-36(43-37)44-33-10-5-4-9-27(33)31-21-25(23-42)15-19-35(31)44/h3-21H,1-2H3. The SMILES string of the molecule is CC1(C)c2ccc(C#N)cc2-c2ccc3c4ccccc4n(-c4cccc(-n5c6ccccc6c6cc(C#N)ccc65)n4)c3c21. The van der Waals surface area contributed by atoms with E-state index in [1.165, 1.54) is 21.9 Å². The van der Waals surface area contributed by atoms with Gasteiger partial charge in [0.25, 0.3) is 0 Å². The molecule has 0 unspecified atom stereocenters. The molecule has 0 N–H and O–H groups in total. The molecule has 0 aliphatic heterocycles. The van der Waals surface area contributed by atoms with Crippen LogP contribution in [0.5, 0.6) is 0 Å². The Kier molecular flexibility index (Phi) is 5.03. The van der Waals surface area contributed by atoms with Crippen LogP contribution in [0.25, 0.3) is 66.4 Å². The lowest BCUT2D eigenvalue weighted by Crippen LogP contribution is -2.17. The zero-order valence-electron chi connectivity index (χ0n) is 24.7. The zero-order valence-corrected chi connectivity index (χ0v) is 24.7. The summed E-state index contributed by atoms with van der Waals surface area (Å²) in [4.78, 5) is 5.37. The quantitative estimate of drug-likeness (QED) is 0.206. The van der Waals surface area contributed by atoms with Crippen LogP contribution in [0.4, 0.5) is 0 Å². The van der Waals surface area contributed by atoms with Gasteiger partial charge in [0.15, 0.2) is 0 Å². The van der Waals surface area contributed by atoms with Crippen LogP contribution >= 0.6 is 0 Å². The second-order valence-electron chi connectivity index (χ2n) is 12.3. The zero-order chi connectivity index (χ0) is 30.4. The van der Waals surface area contributed by atoms with Crippen LogP contribution in [0.1, 0.15) is 36.1 Å². The van der Waals surface area contributed by atoms with Crippen LogP contribution in [-0.2, 0) is 5.41 Å². The molecule has 5 aromatic carbocycles. The first-order valence-electron chi connectivity index (χ1n) is 15.0. The van der Waals surface area contributed by atoms with Gasteiger partial charge in [0.2, 0.25) is 0 Å². The third-order valence-electron chi connectivity index (χ3n) is 9.55. The number of fused-ring (bicyclic) bond motifs is 10. The minimum absolute atomic E-state index is 0.285. The topological polar surface area (TPSA) is 70.3 Å². The molecule has 0 fully saturated rings. The molecule has 210 valence electrons. The average Bonchev–Trinajstić information content (AvgIpc) is 3.67. The van der Waals surface area contributed by atoms with Crippen molar-refractivity contribution in [3.8, 4) is 34.9 Å². The third kappa shape index (κ3) is 3.33. The molecule has 3 heterocycles. The highest BCUT2D eigenvalue weighted by molar-refractivity contribution is 6.13. The molecular formula is C40H25N5. The van der Waals surface area contributed by atoms with Crippen molar-refractivity contribution in [3.63, 3.8) is 0 Å². The second-order valence-corrected chi connectivity index (χ2v) is 12.3.